The zero-order valence-corrected chi connectivity index (χ0v) is 27.8. The van der Waals surface area contributed by atoms with Gasteiger partial charge < -0.3 is 20.9 Å². The normalized spacial score (nSPS) is 19.7. The zero-order chi connectivity index (χ0) is 35.2. The number of likely N-dealkylation sites (tertiary alicyclic amines) is 1. The maximum absolute atomic E-state index is 13.8. The highest BCUT2D eigenvalue weighted by atomic mass is 19.1. The predicted octanol–water partition coefficient (Wildman–Crippen LogP) is 2.34. The van der Waals surface area contributed by atoms with Crippen LogP contribution in [0.15, 0.2) is 65.5 Å². The molecule has 3 aromatic carbocycles. The molecule has 4 aromatic rings. The van der Waals surface area contributed by atoms with Gasteiger partial charge in [0.05, 0.1) is 23.7 Å². The van der Waals surface area contributed by atoms with E-state index in [9.17, 15) is 28.8 Å². The molecule has 2 fully saturated rings. The topological polar surface area (TPSA) is 165 Å². The van der Waals surface area contributed by atoms with Crippen LogP contribution >= 0.6 is 0 Å². The highest BCUT2D eigenvalue weighted by molar-refractivity contribution is 5.95. The Morgan fingerprint density at radius 2 is 1.58 bits per heavy atom. The van der Waals surface area contributed by atoms with Gasteiger partial charge in [-0.25, -0.2) is 9.18 Å². The van der Waals surface area contributed by atoms with Crippen molar-refractivity contribution in [2.45, 2.75) is 49.6 Å². The predicted molar refractivity (Wildman–Crippen MR) is 181 cm³/mol. The van der Waals surface area contributed by atoms with E-state index in [1.807, 2.05) is 24.3 Å². The van der Waals surface area contributed by atoms with Gasteiger partial charge in [0.15, 0.2) is 0 Å². The first-order valence-electron chi connectivity index (χ1n) is 16.8. The molecule has 256 valence electrons. The molecule has 12 nitrogen and oxygen atoms in total. The van der Waals surface area contributed by atoms with Crippen LogP contribution in [0.3, 0.4) is 0 Å². The largest absolute Gasteiger partial charge is 0.355 e. The minimum Gasteiger partial charge on any atom is -0.355 e. The number of benzene rings is 3. The van der Waals surface area contributed by atoms with Gasteiger partial charge in [0.1, 0.15) is 17.7 Å². The summed E-state index contributed by atoms with van der Waals surface area (Å²) in [4.78, 5) is 57.2. The molecule has 2 aliphatic carbocycles. The fourth-order valence-corrected chi connectivity index (χ4v) is 7.83. The Kier molecular flexibility index (Phi) is 8.57. The fraction of sp³-hybridized carbons (Fsp3) is 0.351. The number of nitriles is 1. The Labute approximate surface area is 287 Å². The lowest BCUT2D eigenvalue weighted by Crippen LogP contribution is -2.44. The molecule has 2 heterocycles. The molecule has 0 spiro atoms. The monoisotopic (exact) mass is 676 g/mol. The second-order valence-electron chi connectivity index (χ2n) is 13.1. The number of piperidine rings is 1. The molecule has 7 rings (SSSR count). The Morgan fingerprint density at radius 3 is 2.16 bits per heavy atom. The highest BCUT2D eigenvalue weighted by Crippen LogP contribution is 2.48. The van der Waals surface area contributed by atoms with Crippen molar-refractivity contribution in [2.75, 3.05) is 27.2 Å². The Bertz CT molecular complexity index is 2030. The summed E-state index contributed by atoms with van der Waals surface area (Å²) in [6.07, 6.45) is 3.04. The van der Waals surface area contributed by atoms with Gasteiger partial charge in [0, 0.05) is 31.3 Å². The van der Waals surface area contributed by atoms with Crippen LogP contribution in [0.2, 0.25) is 0 Å². The van der Waals surface area contributed by atoms with Crippen molar-refractivity contribution >= 4 is 17.7 Å². The lowest BCUT2D eigenvalue weighted by atomic mass is 9.69. The first-order chi connectivity index (χ1) is 24.2. The molecular weight excluding hydrogens is 639 g/mol. The van der Waals surface area contributed by atoms with E-state index < -0.39 is 23.0 Å². The number of amides is 3. The number of hydrogen-bond donors (Lipinski definition) is 4. The number of aromatic amines is 1. The van der Waals surface area contributed by atoms with Crippen molar-refractivity contribution in [3.8, 4) is 11.8 Å². The van der Waals surface area contributed by atoms with E-state index >= 15 is 0 Å². The molecule has 13 heteroatoms. The van der Waals surface area contributed by atoms with E-state index in [0.29, 0.717) is 60.8 Å². The van der Waals surface area contributed by atoms with Crippen molar-refractivity contribution < 1.29 is 18.8 Å². The summed E-state index contributed by atoms with van der Waals surface area (Å²) < 4.78 is 15.0. The Morgan fingerprint density at radius 1 is 0.960 bits per heavy atom. The highest BCUT2D eigenvalue weighted by Gasteiger charge is 2.54. The number of fused-ring (bicyclic) bond motifs is 3. The molecule has 0 bridgehead atoms. The molecule has 4 N–H and O–H groups in total. The quantitative estimate of drug-likeness (QED) is 0.198. The smallest absolute Gasteiger partial charge is 0.348 e. The van der Waals surface area contributed by atoms with E-state index in [2.05, 4.69) is 27.0 Å². The lowest BCUT2D eigenvalue weighted by molar-refractivity contribution is -0.131. The molecule has 1 unspecified atom stereocenters. The summed E-state index contributed by atoms with van der Waals surface area (Å²) in [5.41, 5.74) is 3.04. The number of rotatable bonds is 9. The van der Waals surface area contributed by atoms with E-state index in [0.717, 1.165) is 28.7 Å². The van der Waals surface area contributed by atoms with Crippen LogP contribution in [0.5, 0.6) is 0 Å². The molecule has 1 aliphatic heterocycles. The second-order valence-corrected chi connectivity index (χ2v) is 13.1. The summed E-state index contributed by atoms with van der Waals surface area (Å²) in [6, 6.07) is 18.4. The number of carbonyl (C=O) groups excluding carboxylic acids is 3. The molecule has 3 amide bonds. The Balaban J connectivity index is 1.35. The number of halogens is 1. The van der Waals surface area contributed by atoms with E-state index in [4.69, 9.17) is 5.10 Å². The summed E-state index contributed by atoms with van der Waals surface area (Å²) in [5.74, 6) is -0.351. The van der Waals surface area contributed by atoms with E-state index in [1.54, 1.807) is 31.1 Å². The van der Waals surface area contributed by atoms with Gasteiger partial charge in [-0.15, -0.1) is 5.10 Å². The van der Waals surface area contributed by atoms with Gasteiger partial charge in [0.2, 0.25) is 5.91 Å². The number of hydrogen-bond acceptors (Lipinski definition) is 7. The van der Waals surface area contributed by atoms with Crippen molar-refractivity contribution in [3.63, 3.8) is 0 Å². The molecule has 1 saturated heterocycles. The van der Waals surface area contributed by atoms with Crippen molar-refractivity contribution in [1.82, 2.24) is 35.6 Å². The second kappa shape index (κ2) is 13.0. The van der Waals surface area contributed by atoms with Gasteiger partial charge in [-0.2, -0.15) is 9.94 Å². The van der Waals surface area contributed by atoms with Crippen LogP contribution in [0, 0.1) is 23.1 Å². The fourth-order valence-electron chi connectivity index (χ4n) is 7.83. The maximum Gasteiger partial charge on any atom is 0.348 e. The minimum absolute atomic E-state index is 0.0307. The average Bonchev–Trinajstić information content (AvgIpc) is 3.67. The van der Waals surface area contributed by atoms with Crippen LogP contribution in [0.25, 0.3) is 5.69 Å². The first-order valence-corrected chi connectivity index (χ1v) is 16.8. The first kappa shape index (κ1) is 32.9. The number of H-pyrrole nitrogens is 1. The number of aryl methyl sites for hydroxylation is 2. The number of carbonyl (C=O) groups is 3. The summed E-state index contributed by atoms with van der Waals surface area (Å²) in [6.45, 7) is 0.340. The average molecular weight is 677 g/mol. The summed E-state index contributed by atoms with van der Waals surface area (Å²) >= 11 is 0. The summed E-state index contributed by atoms with van der Waals surface area (Å²) in [5, 5.41) is 23.1. The van der Waals surface area contributed by atoms with Crippen LogP contribution in [0.1, 0.15) is 68.1 Å². The molecular formula is C37H37FN8O4. The molecule has 3 atom stereocenters. The number of nitrogens with one attached hydrogen (secondary N) is 4. The number of nitrogens with zero attached hydrogens (tertiary/aromatic N) is 4. The summed E-state index contributed by atoms with van der Waals surface area (Å²) in [7, 11) is 3.14. The van der Waals surface area contributed by atoms with E-state index in [-0.39, 0.29) is 30.3 Å². The third-order valence-corrected chi connectivity index (χ3v) is 10.4. The van der Waals surface area contributed by atoms with Crippen molar-refractivity contribution in [3.05, 3.63) is 116 Å². The van der Waals surface area contributed by atoms with Crippen LogP contribution in [-0.4, -0.2) is 76.7 Å². The maximum atomic E-state index is 13.8. The minimum atomic E-state index is -1.12. The van der Waals surface area contributed by atoms with Crippen LogP contribution in [-0.2, 0) is 23.1 Å². The van der Waals surface area contributed by atoms with Crippen LogP contribution in [0.4, 0.5) is 4.39 Å². The number of aromatic nitrogens is 3. The van der Waals surface area contributed by atoms with Gasteiger partial charge in [-0.1, -0.05) is 12.1 Å². The molecule has 0 radical (unpaired) electrons. The van der Waals surface area contributed by atoms with Gasteiger partial charge in [-0.05, 0) is 115 Å². The van der Waals surface area contributed by atoms with Crippen molar-refractivity contribution in [1.29, 1.82) is 5.26 Å². The van der Waals surface area contributed by atoms with Crippen molar-refractivity contribution in [2.24, 2.45) is 5.92 Å². The van der Waals surface area contributed by atoms with Crippen LogP contribution < -0.4 is 21.6 Å². The third-order valence-electron chi connectivity index (χ3n) is 10.4. The SMILES string of the molecule is CNC(=O)c1ccc2c(c1)CCc1cc(C(=O)NC)ccc1C2(CCNCC(=O)N1C(C#N)C[C@@H]2C[C@@H]21)c1nn(-c2ccc(F)cc2)c(=O)[nH]1. The zero-order valence-electron chi connectivity index (χ0n) is 27.8. The van der Waals surface area contributed by atoms with Gasteiger partial charge in [0.25, 0.3) is 11.8 Å². The molecule has 1 saturated carbocycles. The Hall–Kier alpha value is -5.61. The molecule has 50 heavy (non-hydrogen) atoms. The van der Waals surface area contributed by atoms with Gasteiger partial charge >= 0.3 is 5.69 Å². The van der Waals surface area contributed by atoms with Gasteiger partial charge in [-0.3, -0.25) is 19.4 Å². The lowest BCUT2D eigenvalue weighted by Gasteiger charge is -2.35. The van der Waals surface area contributed by atoms with E-state index in [1.165, 1.54) is 28.9 Å². The standard InChI is InChI=1S/C37H37FN8O4/c1-40-33(48)23-5-11-29-21(15-23)3-4-22-16-24(34(49)41-2)6-12-30(22)37(29,35-43-36(50)46(44-35)27-9-7-26(38)8-10-27)13-14-42-20-32(47)45-28(19-39)17-25-18-31(25)45/h5-12,15-16,25,28,31,42H,3-4,13-14,17-18,20H2,1-2H3,(H,40,48)(H,41,49)(H,43,44,50)/t25-,28?,31+/m1/s1. The molecule has 3 aliphatic rings. The third kappa shape index (κ3) is 5.65. The molecule has 1 aromatic heterocycles.